The molecule has 2 rings (SSSR count). The topological polar surface area (TPSA) is 81.5 Å². The Labute approximate surface area is 147 Å². The Kier molecular flexibility index (Phi) is 6.51. The number of rotatable bonds is 8. The summed E-state index contributed by atoms with van der Waals surface area (Å²) in [5, 5.41) is 13.7. The number of nitrogens with zero attached hydrogens (tertiary/aromatic N) is 1. The van der Waals surface area contributed by atoms with Crippen LogP contribution in [0.5, 0.6) is 5.75 Å². The summed E-state index contributed by atoms with van der Waals surface area (Å²) in [7, 11) is 0. The molecule has 6 nitrogen and oxygen atoms in total. The molecular weight excluding hydrogens is 320 g/mol. The number of ether oxygens (including phenoxy) is 1. The summed E-state index contributed by atoms with van der Waals surface area (Å²) in [6.45, 7) is 4.01. The van der Waals surface area contributed by atoms with Crippen LogP contribution in [0.1, 0.15) is 31.9 Å². The van der Waals surface area contributed by atoms with Gasteiger partial charge in [0.15, 0.2) is 6.61 Å². The molecule has 0 bridgehead atoms. The molecule has 0 aliphatic carbocycles. The summed E-state index contributed by atoms with van der Waals surface area (Å²) >= 11 is 0. The highest BCUT2D eigenvalue weighted by atomic mass is 16.6. The Morgan fingerprint density at radius 2 is 1.88 bits per heavy atom. The summed E-state index contributed by atoms with van der Waals surface area (Å²) in [4.78, 5) is 22.5. The van der Waals surface area contributed by atoms with E-state index in [2.05, 4.69) is 19.2 Å². The van der Waals surface area contributed by atoms with Gasteiger partial charge in [0.05, 0.1) is 17.0 Å². The van der Waals surface area contributed by atoms with Crippen molar-refractivity contribution in [3.8, 4) is 5.75 Å². The normalized spacial score (nSPS) is 11.8. The van der Waals surface area contributed by atoms with Gasteiger partial charge >= 0.3 is 0 Å². The van der Waals surface area contributed by atoms with E-state index in [9.17, 15) is 14.9 Å². The standard InChI is InChI=1S/C19H22N2O4/c1-14(2)11-18(15-7-4-3-5-8-15)20-19(22)13-25-17-10-6-9-16(12-17)21(23)24/h3-10,12,14,18H,11,13H2,1-2H3,(H,20,22). The second-order valence-corrected chi connectivity index (χ2v) is 6.20. The molecule has 1 N–H and O–H groups in total. The molecular formula is C19H22N2O4. The van der Waals surface area contributed by atoms with Crippen LogP contribution in [0.3, 0.4) is 0 Å². The van der Waals surface area contributed by atoms with Gasteiger partial charge in [0.2, 0.25) is 0 Å². The van der Waals surface area contributed by atoms with Crippen LogP contribution in [-0.4, -0.2) is 17.4 Å². The van der Waals surface area contributed by atoms with Crippen LogP contribution in [0, 0.1) is 16.0 Å². The lowest BCUT2D eigenvalue weighted by Gasteiger charge is -2.21. The summed E-state index contributed by atoms with van der Waals surface area (Å²) in [5.74, 6) is 0.452. The Morgan fingerprint density at radius 3 is 2.52 bits per heavy atom. The maximum atomic E-state index is 12.2. The molecule has 0 radical (unpaired) electrons. The smallest absolute Gasteiger partial charge is 0.273 e. The lowest BCUT2D eigenvalue weighted by atomic mass is 9.97. The van der Waals surface area contributed by atoms with Gasteiger partial charge in [-0.05, 0) is 24.0 Å². The molecule has 2 aromatic carbocycles. The van der Waals surface area contributed by atoms with Gasteiger partial charge in [-0.25, -0.2) is 0 Å². The third kappa shape index (κ3) is 5.91. The maximum absolute atomic E-state index is 12.2. The number of hydrogen-bond donors (Lipinski definition) is 1. The van der Waals surface area contributed by atoms with Crippen molar-refractivity contribution in [1.29, 1.82) is 0 Å². The third-order valence-electron chi connectivity index (χ3n) is 3.64. The lowest BCUT2D eigenvalue weighted by Crippen LogP contribution is -2.33. The molecule has 2 aromatic rings. The van der Waals surface area contributed by atoms with Crippen LogP contribution >= 0.6 is 0 Å². The highest BCUT2D eigenvalue weighted by molar-refractivity contribution is 5.78. The number of carbonyl (C=O) groups is 1. The average Bonchev–Trinajstić information content (AvgIpc) is 2.60. The number of hydrogen-bond acceptors (Lipinski definition) is 4. The molecule has 0 aliphatic heterocycles. The largest absolute Gasteiger partial charge is 0.484 e. The summed E-state index contributed by atoms with van der Waals surface area (Å²) in [6.07, 6.45) is 0.812. The zero-order chi connectivity index (χ0) is 18.2. The zero-order valence-electron chi connectivity index (χ0n) is 14.3. The predicted octanol–water partition coefficient (Wildman–Crippen LogP) is 3.88. The second-order valence-electron chi connectivity index (χ2n) is 6.20. The van der Waals surface area contributed by atoms with Crippen LogP contribution in [0.25, 0.3) is 0 Å². The van der Waals surface area contributed by atoms with Crippen molar-refractivity contribution < 1.29 is 14.5 Å². The van der Waals surface area contributed by atoms with E-state index < -0.39 is 4.92 Å². The average molecular weight is 342 g/mol. The van der Waals surface area contributed by atoms with E-state index in [1.54, 1.807) is 6.07 Å². The summed E-state index contributed by atoms with van der Waals surface area (Å²) in [5.41, 5.74) is 0.972. The SMILES string of the molecule is CC(C)CC(NC(=O)COc1cccc([N+](=O)[O-])c1)c1ccccc1. The minimum Gasteiger partial charge on any atom is -0.484 e. The fraction of sp³-hybridized carbons (Fsp3) is 0.316. The number of benzene rings is 2. The minimum atomic E-state index is -0.499. The highest BCUT2D eigenvalue weighted by Gasteiger charge is 2.16. The van der Waals surface area contributed by atoms with Crippen LogP contribution in [-0.2, 0) is 4.79 Å². The van der Waals surface area contributed by atoms with E-state index in [4.69, 9.17) is 4.74 Å². The van der Waals surface area contributed by atoms with Gasteiger partial charge < -0.3 is 10.1 Å². The fourth-order valence-corrected chi connectivity index (χ4v) is 2.51. The van der Waals surface area contributed by atoms with Crippen molar-refractivity contribution in [3.63, 3.8) is 0 Å². The Morgan fingerprint density at radius 1 is 1.16 bits per heavy atom. The molecule has 0 spiro atoms. The van der Waals surface area contributed by atoms with Gasteiger partial charge in [0, 0.05) is 6.07 Å². The van der Waals surface area contributed by atoms with Crippen molar-refractivity contribution in [2.45, 2.75) is 26.3 Å². The van der Waals surface area contributed by atoms with Crippen molar-refractivity contribution in [2.24, 2.45) is 5.92 Å². The van der Waals surface area contributed by atoms with Gasteiger partial charge in [0.1, 0.15) is 5.75 Å². The van der Waals surface area contributed by atoms with Gasteiger partial charge in [-0.1, -0.05) is 50.2 Å². The molecule has 0 saturated carbocycles. The van der Waals surface area contributed by atoms with Crippen molar-refractivity contribution >= 4 is 11.6 Å². The molecule has 25 heavy (non-hydrogen) atoms. The fourth-order valence-electron chi connectivity index (χ4n) is 2.51. The maximum Gasteiger partial charge on any atom is 0.273 e. The van der Waals surface area contributed by atoms with Crippen LogP contribution in [0.4, 0.5) is 5.69 Å². The van der Waals surface area contributed by atoms with Gasteiger partial charge in [-0.3, -0.25) is 14.9 Å². The number of nitro groups is 1. The third-order valence-corrected chi connectivity index (χ3v) is 3.64. The Hall–Kier alpha value is -2.89. The van der Waals surface area contributed by atoms with E-state index >= 15 is 0 Å². The predicted molar refractivity (Wildman–Crippen MR) is 95.4 cm³/mol. The minimum absolute atomic E-state index is 0.0696. The first kappa shape index (κ1) is 18.4. The van der Waals surface area contributed by atoms with E-state index in [-0.39, 0.29) is 24.2 Å². The Balaban J connectivity index is 1.97. The first-order valence-corrected chi connectivity index (χ1v) is 8.17. The lowest BCUT2D eigenvalue weighted by molar-refractivity contribution is -0.384. The monoisotopic (exact) mass is 342 g/mol. The molecule has 0 saturated heterocycles. The van der Waals surface area contributed by atoms with Crippen LogP contribution in [0.2, 0.25) is 0 Å². The van der Waals surface area contributed by atoms with Gasteiger partial charge in [-0.15, -0.1) is 0 Å². The summed E-state index contributed by atoms with van der Waals surface area (Å²) in [6, 6.07) is 15.5. The van der Waals surface area contributed by atoms with Crippen molar-refractivity contribution in [2.75, 3.05) is 6.61 Å². The van der Waals surface area contributed by atoms with Crippen molar-refractivity contribution in [1.82, 2.24) is 5.32 Å². The number of carbonyl (C=O) groups excluding carboxylic acids is 1. The molecule has 0 heterocycles. The number of nitrogens with one attached hydrogen (secondary N) is 1. The van der Waals surface area contributed by atoms with E-state index in [1.807, 2.05) is 30.3 Å². The molecule has 1 atom stereocenters. The van der Waals surface area contributed by atoms with E-state index in [0.717, 1.165) is 12.0 Å². The van der Waals surface area contributed by atoms with Gasteiger partial charge in [-0.2, -0.15) is 0 Å². The van der Waals surface area contributed by atoms with E-state index in [0.29, 0.717) is 11.7 Å². The number of non-ortho nitro benzene ring substituents is 1. The number of nitro benzene ring substituents is 1. The second kappa shape index (κ2) is 8.82. The van der Waals surface area contributed by atoms with E-state index in [1.165, 1.54) is 18.2 Å². The molecule has 0 aliphatic rings. The van der Waals surface area contributed by atoms with Crippen molar-refractivity contribution in [3.05, 3.63) is 70.3 Å². The molecule has 132 valence electrons. The van der Waals surface area contributed by atoms with Gasteiger partial charge in [0.25, 0.3) is 11.6 Å². The quantitative estimate of drug-likeness (QED) is 0.583. The molecule has 6 heteroatoms. The summed E-state index contributed by atoms with van der Waals surface area (Å²) < 4.78 is 5.38. The highest BCUT2D eigenvalue weighted by Crippen LogP contribution is 2.22. The Bertz CT molecular complexity index is 716. The molecule has 0 aromatic heterocycles. The van der Waals surface area contributed by atoms with Crippen LogP contribution < -0.4 is 10.1 Å². The molecule has 0 fully saturated rings. The first-order valence-electron chi connectivity index (χ1n) is 8.17. The number of amides is 1. The first-order chi connectivity index (χ1) is 12.0. The molecule has 1 unspecified atom stereocenters. The molecule has 1 amide bonds. The zero-order valence-corrected chi connectivity index (χ0v) is 14.3. The van der Waals surface area contributed by atoms with Crippen LogP contribution in [0.15, 0.2) is 54.6 Å².